The molecule has 1 aromatic rings. The molecule has 11 N–H and O–H groups in total. The molecule has 3 rings (SSSR count). The number of carbonyl (C=O) groups excluding carboxylic acids is 7. The molecule has 0 aromatic heterocycles. The Bertz CT molecular complexity index is 1520. The molecule has 52 heavy (non-hydrogen) atoms. The fraction of sp³-hybridized carbons (Fsp3) is 0.545. The van der Waals surface area contributed by atoms with Gasteiger partial charge in [-0.25, -0.2) is 4.79 Å². The first kappa shape index (κ1) is 40.8. The molecule has 284 valence electrons. The van der Waals surface area contributed by atoms with Crippen LogP contribution in [0.5, 0.6) is 0 Å². The third-order valence-electron chi connectivity index (χ3n) is 8.90. The van der Waals surface area contributed by atoms with E-state index in [1.54, 1.807) is 30.3 Å². The summed E-state index contributed by atoms with van der Waals surface area (Å²) in [7, 11) is 0. The molecular formula is C33H46N8O11. The van der Waals surface area contributed by atoms with Crippen LogP contribution in [0.4, 0.5) is 0 Å². The normalized spacial score (nSPS) is 19.1. The number of hydrogen-bond acceptors (Lipinski definition) is 10. The van der Waals surface area contributed by atoms with Crippen molar-refractivity contribution in [1.82, 2.24) is 25.8 Å². The van der Waals surface area contributed by atoms with Crippen LogP contribution in [-0.4, -0.2) is 123 Å². The molecule has 0 bridgehead atoms. The minimum atomic E-state index is -1.73. The fourth-order valence-electron chi connectivity index (χ4n) is 6.23. The van der Waals surface area contributed by atoms with E-state index in [-0.39, 0.29) is 58.0 Å². The Morgan fingerprint density at radius 2 is 1.23 bits per heavy atom. The van der Waals surface area contributed by atoms with E-state index in [1.165, 1.54) is 4.90 Å². The van der Waals surface area contributed by atoms with Crippen molar-refractivity contribution in [2.45, 2.75) is 100 Å². The number of primary amides is 2. The SMILES string of the molecule is NC(=O)CC[C@H](NC(=O)[C@H](CC(=O)O)NC(=O)[C@@H]1CCCN1C(=O)[C@@H](N)CCC(N)=O)C(=O)N1CCC[C@H]1C(=O)N[C@@H](Cc1ccccc1)C(=O)O. The standard InChI is InChI=1S/C33H46N8O11/c34-19(10-12-25(35)42)31(49)40-14-4-8-23(40)29(47)38-21(17-27(44)45)28(46)37-20(11-13-26(36)43)32(50)41-15-5-9-24(41)30(48)39-22(33(51)52)16-18-6-2-1-3-7-18/h1-3,6-7,19-24H,4-5,8-17,34H2,(H2,35,42)(H2,36,43)(H,37,46)(H,38,47)(H,39,48)(H,44,45)(H,51,52)/t19-,20-,21-,22-,23-,24-/m0/s1. The van der Waals surface area contributed by atoms with Gasteiger partial charge in [0.15, 0.2) is 0 Å². The van der Waals surface area contributed by atoms with Crippen LogP contribution in [0.1, 0.15) is 63.4 Å². The first-order valence-electron chi connectivity index (χ1n) is 16.9. The van der Waals surface area contributed by atoms with E-state index in [1.807, 2.05) is 0 Å². The summed E-state index contributed by atoms with van der Waals surface area (Å²) < 4.78 is 0. The number of nitrogens with zero attached hydrogens (tertiary/aromatic N) is 2. The van der Waals surface area contributed by atoms with Gasteiger partial charge in [0.05, 0.1) is 12.5 Å². The van der Waals surface area contributed by atoms with Crippen molar-refractivity contribution in [2.24, 2.45) is 17.2 Å². The number of hydrogen-bond donors (Lipinski definition) is 8. The molecule has 0 saturated carbocycles. The number of nitrogens with one attached hydrogen (secondary N) is 3. The number of carboxylic acids is 2. The van der Waals surface area contributed by atoms with Gasteiger partial charge in [-0.15, -0.1) is 0 Å². The van der Waals surface area contributed by atoms with Crippen LogP contribution in [0.2, 0.25) is 0 Å². The molecule has 0 unspecified atom stereocenters. The van der Waals surface area contributed by atoms with E-state index in [9.17, 15) is 53.4 Å². The third-order valence-corrected chi connectivity index (χ3v) is 8.90. The molecule has 7 amide bonds. The lowest BCUT2D eigenvalue weighted by atomic mass is 10.0. The van der Waals surface area contributed by atoms with Crippen LogP contribution in [0, 0.1) is 0 Å². The maximum atomic E-state index is 13.8. The van der Waals surface area contributed by atoms with Crippen molar-refractivity contribution >= 4 is 53.3 Å². The van der Waals surface area contributed by atoms with Crippen LogP contribution >= 0.6 is 0 Å². The monoisotopic (exact) mass is 730 g/mol. The summed E-state index contributed by atoms with van der Waals surface area (Å²) in [5.41, 5.74) is 17.0. The number of carbonyl (C=O) groups is 9. The van der Waals surface area contributed by atoms with Crippen LogP contribution in [0.15, 0.2) is 30.3 Å². The molecule has 6 atom stereocenters. The van der Waals surface area contributed by atoms with Crippen molar-refractivity contribution in [3.63, 3.8) is 0 Å². The van der Waals surface area contributed by atoms with Crippen molar-refractivity contribution < 1.29 is 53.4 Å². The van der Waals surface area contributed by atoms with Gasteiger partial charge in [-0.3, -0.25) is 38.4 Å². The zero-order valence-corrected chi connectivity index (χ0v) is 28.5. The van der Waals surface area contributed by atoms with E-state index < -0.39 is 96.0 Å². The minimum Gasteiger partial charge on any atom is -0.481 e. The Morgan fingerprint density at radius 1 is 0.712 bits per heavy atom. The van der Waals surface area contributed by atoms with Gasteiger partial charge in [0.1, 0.15) is 30.2 Å². The average molecular weight is 731 g/mol. The molecule has 19 heteroatoms. The second-order valence-electron chi connectivity index (χ2n) is 12.8. The molecule has 2 aliphatic rings. The first-order chi connectivity index (χ1) is 24.6. The topological polar surface area (TPSA) is 315 Å². The molecule has 2 fully saturated rings. The molecule has 0 spiro atoms. The van der Waals surface area contributed by atoms with Gasteiger partial charge in [0.25, 0.3) is 0 Å². The summed E-state index contributed by atoms with van der Waals surface area (Å²) in [6.45, 7) is 0.198. The van der Waals surface area contributed by atoms with Crippen molar-refractivity contribution in [3.05, 3.63) is 35.9 Å². The molecule has 0 aliphatic carbocycles. The predicted octanol–water partition coefficient (Wildman–Crippen LogP) is -2.92. The summed E-state index contributed by atoms with van der Waals surface area (Å²) in [6.07, 6.45) is -0.771. The van der Waals surface area contributed by atoms with Gasteiger partial charge in [0.2, 0.25) is 41.4 Å². The van der Waals surface area contributed by atoms with E-state index in [0.29, 0.717) is 18.4 Å². The highest BCUT2D eigenvalue weighted by Crippen LogP contribution is 2.22. The van der Waals surface area contributed by atoms with Gasteiger partial charge in [-0.05, 0) is 44.1 Å². The smallest absolute Gasteiger partial charge is 0.326 e. The van der Waals surface area contributed by atoms with Crippen LogP contribution in [-0.2, 0) is 49.6 Å². The molecular weight excluding hydrogens is 684 g/mol. The van der Waals surface area contributed by atoms with Gasteiger partial charge < -0.3 is 53.2 Å². The molecule has 2 aliphatic heterocycles. The fourth-order valence-corrected chi connectivity index (χ4v) is 6.23. The summed E-state index contributed by atoms with van der Waals surface area (Å²) in [5, 5.41) is 26.5. The number of nitrogens with two attached hydrogens (primary N) is 3. The Labute approximate surface area is 299 Å². The van der Waals surface area contributed by atoms with Gasteiger partial charge in [-0.1, -0.05) is 30.3 Å². The van der Waals surface area contributed by atoms with E-state index in [2.05, 4.69) is 16.0 Å². The lowest BCUT2D eigenvalue weighted by Crippen LogP contribution is -2.59. The second kappa shape index (κ2) is 19.1. The maximum absolute atomic E-state index is 13.8. The number of benzene rings is 1. The van der Waals surface area contributed by atoms with Crippen LogP contribution in [0.25, 0.3) is 0 Å². The Hall–Kier alpha value is -5.59. The van der Waals surface area contributed by atoms with Crippen LogP contribution < -0.4 is 33.2 Å². The van der Waals surface area contributed by atoms with E-state index >= 15 is 0 Å². The summed E-state index contributed by atoms with van der Waals surface area (Å²) in [6, 6.07) is 0.704. The van der Waals surface area contributed by atoms with Gasteiger partial charge in [-0.2, -0.15) is 0 Å². The summed E-state index contributed by atoms with van der Waals surface area (Å²) in [4.78, 5) is 116. The molecule has 2 heterocycles. The number of carboxylic acid groups (broad SMARTS) is 2. The highest BCUT2D eigenvalue weighted by molar-refractivity contribution is 5.98. The zero-order valence-electron chi connectivity index (χ0n) is 28.5. The van der Waals surface area contributed by atoms with Crippen molar-refractivity contribution in [3.8, 4) is 0 Å². The molecule has 19 nitrogen and oxygen atoms in total. The van der Waals surface area contributed by atoms with Crippen LogP contribution in [0.3, 0.4) is 0 Å². The van der Waals surface area contributed by atoms with E-state index in [0.717, 1.165) is 4.90 Å². The average Bonchev–Trinajstić information content (AvgIpc) is 3.79. The quantitative estimate of drug-likeness (QED) is 0.0710. The lowest BCUT2D eigenvalue weighted by Gasteiger charge is -2.31. The lowest BCUT2D eigenvalue weighted by molar-refractivity contribution is -0.145. The minimum absolute atomic E-state index is 0.0224. The van der Waals surface area contributed by atoms with Gasteiger partial charge >= 0.3 is 11.9 Å². The summed E-state index contributed by atoms with van der Waals surface area (Å²) >= 11 is 0. The zero-order chi connectivity index (χ0) is 38.5. The number of amides is 7. The molecule has 1 aromatic carbocycles. The van der Waals surface area contributed by atoms with E-state index in [4.69, 9.17) is 17.2 Å². The molecule has 2 saturated heterocycles. The second-order valence-corrected chi connectivity index (χ2v) is 12.8. The Balaban J connectivity index is 1.75. The Kier molecular flexibility index (Phi) is 15.0. The third kappa shape index (κ3) is 11.7. The highest BCUT2D eigenvalue weighted by Gasteiger charge is 2.41. The number of aliphatic carboxylic acids is 2. The van der Waals surface area contributed by atoms with Crippen molar-refractivity contribution in [2.75, 3.05) is 13.1 Å². The number of rotatable bonds is 19. The first-order valence-corrected chi connectivity index (χ1v) is 16.9. The highest BCUT2D eigenvalue weighted by atomic mass is 16.4. The summed E-state index contributed by atoms with van der Waals surface area (Å²) in [5.74, 6) is -8.37. The van der Waals surface area contributed by atoms with Crippen molar-refractivity contribution in [1.29, 1.82) is 0 Å². The maximum Gasteiger partial charge on any atom is 0.326 e. The Morgan fingerprint density at radius 3 is 1.75 bits per heavy atom. The largest absolute Gasteiger partial charge is 0.481 e. The predicted molar refractivity (Wildman–Crippen MR) is 180 cm³/mol. The number of likely N-dealkylation sites (tertiary alicyclic amines) is 2. The molecule has 0 radical (unpaired) electrons. The van der Waals surface area contributed by atoms with Gasteiger partial charge in [0, 0.05) is 32.4 Å².